The van der Waals surface area contributed by atoms with Gasteiger partial charge in [-0.15, -0.1) is 21.5 Å². The average Bonchev–Trinajstić information content (AvgIpc) is 2.77. The maximum absolute atomic E-state index is 4.26. The molecule has 1 rings (SSSR count). The van der Waals surface area contributed by atoms with Gasteiger partial charge >= 0.3 is 0 Å². The van der Waals surface area contributed by atoms with E-state index < -0.39 is 0 Å². The Hall–Kier alpha value is -0.480. The first-order valence-electron chi connectivity index (χ1n) is 6.82. The molecule has 0 bridgehead atoms. The number of aromatic nitrogens is 2. The van der Waals surface area contributed by atoms with Gasteiger partial charge in [0.1, 0.15) is 10.0 Å². The Labute approximate surface area is 109 Å². The number of aryl methyl sites for hydroxylation is 2. The van der Waals surface area contributed by atoms with E-state index >= 15 is 0 Å². The molecule has 0 spiro atoms. The van der Waals surface area contributed by atoms with E-state index in [0.29, 0.717) is 0 Å². The van der Waals surface area contributed by atoms with Crippen molar-refractivity contribution in [3.63, 3.8) is 0 Å². The molecule has 1 aromatic rings. The standard InChI is InChI=1S/C13H25N3S/c1-3-4-5-6-7-9-12-15-16-13(17-12)10-8-11-14-2/h14H,3-11H2,1-2H3. The fourth-order valence-corrected chi connectivity index (χ4v) is 2.71. The molecule has 1 heterocycles. The Kier molecular flexibility index (Phi) is 8.18. The van der Waals surface area contributed by atoms with Gasteiger partial charge in [-0.05, 0) is 26.4 Å². The number of rotatable bonds is 10. The highest BCUT2D eigenvalue weighted by Crippen LogP contribution is 2.15. The quantitative estimate of drug-likeness (QED) is 0.652. The van der Waals surface area contributed by atoms with E-state index in [1.165, 1.54) is 42.1 Å². The van der Waals surface area contributed by atoms with Crippen LogP contribution in [0.1, 0.15) is 55.5 Å². The maximum Gasteiger partial charge on any atom is 0.117 e. The molecular weight excluding hydrogens is 230 g/mol. The van der Waals surface area contributed by atoms with E-state index in [-0.39, 0.29) is 0 Å². The molecule has 1 aromatic heterocycles. The monoisotopic (exact) mass is 255 g/mol. The minimum absolute atomic E-state index is 1.06. The molecule has 1 N–H and O–H groups in total. The molecule has 0 saturated carbocycles. The van der Waals surface area contributed by atoms with Crippen molar-refractivity contribution in [1.29, 1.82) is 0 Å². The lowest BCUT2D eigenvalue weighted by Crippen LogP contribution is -2.08. The topological polar surface area (TPSA) is 37.8 Å². The summed E-state index contributed by atoms with van der Waals surface area (Å²) in [6.07, 6.45) is 9.99. The van der Waals surface area contributed by atoms with Crippen LogP contribution in [0.2, 0.25) is 0 Å². The lowest BCUT2D eigenvalue weighted by molar-refractivity contribution is 0.629. The van der Waals surface area contributed by atoms with Gasteiger partial charge in [-0.2, -0.15) is 0 Å². The normalized spacial score (nSPS) is 10.9. The van der Waals surface area contributed by atoms with Crippen LogP contribution < -0.4 is 5.32 Å². The second-order valence-electron chi connectivity index (χ2n) is 4.46. The van der Waals surface area contributed by atoms with E-state index in [9.17, 15) is 0 Å². The first-order chi connectivity index (χ1) is 8.36. The Morgan fingerprint density at radius 1 is 0.941 bits per heavy atom. The summed E-state index contributed by atoms with van der Waals surface area (Å²) in [5.41, 5.74) is 0. The molecule has 0 aromatic carbocycles. The number of unbranched alkanes of at least 4 members (excludes halogenated alkanes) is 4. The van der Waals surface area contributed by atoms with Gasteiger partial charge in [-0.1, -0.05) is 32.6 Å². The van der Waals surface area contributed by atoms with Crippen LogP contribution in [0, 0.1) is 0 Å². The van der Waals surface area contributed by atoms with E-state index in [1.807, 2.05) is 7.05 Å². The van der Waals surface area contributed by atoms with E-state index in [4.69, 9.17) is 0 Å². The van der Waals surface area contributed by atoms with Crippen LogP contribution in [0.4, 0.5) is 0 Å². The minimum Gasteiger partial charge on any atom is -0.320 e. The molecule has 0 atom stereocenters. The van der Waals surface area contributed by atoms with Crippen LogP contribution >= 0.6 is 11.3 Å². The van der Waals surface area contributed by atoms with Crippen LogP contribution in [0.3, 0.4) is 0 Å². The molecule has 0 aliphatic rings. The van der Waals surface area contributed by atoms with Gasteiger partial charge in [0.25, 0.3) is 0 Å². The Balaban J connectivity index is 2.12. The van der Waals surface area contributed by atoms with Crippen LogP contribution in [-0.4, -0.2) is 23.8 Å². The summed E-state index contributed by atoms with van der Waals surface area (Å²) >= 11 is 1.80. The van der Waals surface area contributed by atoms with Gasteiger partial charge in [0.05, 0.1) is 0 Å². The molecule has 0 fully saturated rings. The number of hydrogen-bond donors (Lipinski definition) is 1. The summed E-state index contributed by atoms with van der Waals surface area (Å²) < 4.78 is 0. The highest BCUT2D eigenvalue weighted by atomic mass is 32.1. The molecule has 0 aliphatic heterocycles. The summed E-state index contributed by atoms with van der Waals surface area (Å²) in [5, 5.41) is 14.1. The number of nitrogens with one attached hydrogen (secondary N) is 1. The van der Waals surface area contributed by atoms with Gasteiger partial charge in [0.15, 0.2) is 0 Å². The zero-order valence-corrected chi connectivity index (χ0v) is 12.0. The van der Waals surface area contributed by atoms with E-state index in [2.05, 4.69) is 22.4 Å². The minimum atomic E-state index is 1.06. The third-order valence-electron chi connectivity index (χ3n) is 2.82. The lowest BCUT2D eigenvalue weighted by atomic mass is 10.1. The summed E-state index contributed by atoms with van der Waals surface area (Å²) in [5.74, 6) is 0. The smallest absolute Gasteiger partial charge is 0.117 e. The van der Waals surface area contributed by atoms with E-state index in [1.54, 1.807) is 11.3 Å². The zero-order valence-electron chi connectivity index (χ0n) is 11.2. The predicted molar refractivity (Wildman–Crippen MR) is 74.6 cm³/mol. The van der Waals surface area contributed by atoms with E-state index in [0.717, 1.165) is 25.8 Å². The van der Waals surface area contributed by atoms with Gasteiger partial charge < -0.3 is 5.32 Å². The SMILES string of the molecule is CCCCCCCc1nnc(CCCNC)s1. The molecule has 0 unspecified atom stereocenters. The number of nitrogens with zero attached hydrogens (tertiary/aromatic N) is 2. The summed E-state index contributed by atoms with van der Waals surface area (Å²) in [4.78, 5) is 0. The highest BCUT2D eigenvalue weighted by Gasteiger charge is 2.03. The molecule has 17 heavy (non-hydrogen) atoms. The van der Waals surface area contributed by atoms with Crippen LogP contribution in [0.5, 0.6) is 0 Å². The summed E-state index contributed by atoms with van der Waals surface area (Å²) in [6, 6.07) is 0. The Bertz CT molecular complexity index is 286. The largest absolute Gasteiger partial charge is 0.320 e. The maximum atomic E-state index is 4.26. The van der Waals surface area contributed by atoms with Crippen LogP contribution in [0.15, 0.2) is 0 Å². The third-order valence-corrected chi connectivity index (χ3v) is 3.86. The fraction of sp³-hybridized carbons (Fsp3) is 0.846. The zero-order chi connectivity index (χ0) is 12.3. The predicted octanol–water partition coefficient (Wildman–Crippen LogP) is 3.20. The van der Waals surface area contributed by atoms with Crippen molar-refractivity contribution in [2.45, 2.75) is 58.3 Å². The molecule has 0 radical (unpaired) electrons. The summed E-state index contributed by atoms with van der Waals surface area (Å²) in [7, 11) is 1.99. The average molecular weight is 255 g/mol. The first kappa shape index (κ1) is 14.6. The molecule has 98 valence electrons. The van der Waals surface area contributed by atoms with Crippen LogP contribution in [0.25, 0.3) is 0 Å². The first-order valence-corrected chi connectivity index (χ1v) is 7.64. The van der Waals surface area contributed by atoms with Gasteiger partial charge in [0, 0.05) is 12.8 Å². The Morgan fingerprint density at radius 2 is 1.59 bits per heavy atom. The molecule has 0 amide bonds. The second kappa shape index (κ2) is 9.54. The van der Waals surface area contributed by atoms with Crippen LogP contribution in [-0.2, 0) is 12.8 Å². The second-order valence-corrected chi connectivity index (χ2v) is 5.61. The van der Waals surface area contributed by atoms with Crippen molar-refractivity contribution in [3.8, 4) is 0 Å². The van der Waals surface area contributed by atoms with Crippen molar-refractivity contribution < 1.29 is 0 Å². The van der Waals surface area contributed by atoms with Crippen molar-refractivity contribution in [2.75, 3.05) is 13.6 Å². The molecule has 3 nitrogen and oxygen atoms in total. The van der Waals surface area contributed by atoms with Gasteiger partial charge in [0.2, 0.25) is 0 Å². The Morgan fingerprint density at radius 3 is 2.24 bits per heavy atom. The molecule has 4 heteroatoms. The van der Waals surface area contributed by atoms with Crippen molar-refractivity contribution in [1.82, 2.24) is 15.5 Å². The number of hydrogen-bond acceptors (Lipinski definition) is 4. The van der Waals surface area contributed by atoms with Crippen molar-refractivity contribution in [3.05, 3.63) is 10.0 Å². The molecular formula is C13H25N3S. The third kappa shape index (κ3) is 6.74. The molecule has 0 saturated heterocycles. The lowest BCUT2D eigenvalue weighted by Gasteiger charge is -1.96. The molecule has 0 aliphatic carbocycles. The highest BCUT2D eigenvalue weighted by molar-refractivity contribution is 7.11. The summed E-state index contributed by atoms with van der Waals surface area (Å²) in [6.45, 7) is 3.31. The van der Waals surface area contributed by atoms with Crippen molar-refractivity contribution in [2.24, 2.45) is 0 Å². The van der Waals surface area contributed by atoms with Gasteiger partial charge in [-0.3, -0.25) is 0 Å². The van der Waals surface area contributed by atoms with Gasteiger partial charge in [-0.25, -0.2) is 0 Å². The van der Waals surface area contributed by atoms with Crippen molar-refractivity contribution >= 4 is 11.3 Å². The fourth-order valence-electron chi connectivity index (χ4n) is 1.79.